The van der Waals surface area contributed by atoms with Crippen LogP contribution in [0.4, 0.5) is 0 Å². The molecule has 2 aromatic heterocycles. The van der Waals surface area contributed by atoms with Crippen molar-refractivity contribution in [2.24, 2.45) is 5.73 Å². The molecule has 0 aliphatic heterocycles. The minimum Gasteiger partial charge on any atom is -0.481 e. The molecule has 0 aliphatic rings. The quantitative estimate of drug-likeness (QED) is 0.135. The molecule has 0 aliphatic carbocycles. The van der Waals surface area contributed by atoms with E-state index in [1.165, 1.54) is 25.4 Å². The van der Waals surface area contributed by atoms with E-state index in [0.717, 1.165) is 5.56 Å². The molecule has 4 aromatic rings. The Morgan fingerprint density at radius 2 is 1.74 bits per heavy atom. The predicted molar refractivity (Wildman–Crippen MR) is 141 cm³/mol. The van der Waals surface area contributed by atoms with E-state index >= 15 is 0 Å². The lowest BCUT2D eigenvalue weighted by atomic mass is 10.0. The minimum absolute atomic E-state index is 0.138. The molecule has 10 nitrogen and oxygen atoms in total. The van der Waals surface area contributed by atoms with Crippen molar-refractivity contribution < 1.29 is 33.4 Å². The summed E-state index contributed by atoms with van der Waals surface area (Å²) in [5, 5.41) is 0.373. The Hall–Kier alpha value is -4.99. The Morgan fingerprint density at radius 1 is 0.974 bits per heavy atom. The number of hydrogen-bond acceptors (Lipinski definition) is 8. The van der Waals surface area contributed by atoms with Crippen LogP contribution in [-0.2, 0) is 32.0 Å². The lowest BCUT2D eigenvalue weighted by Crippen LogP contribution is -2.25. The summed E-state index contributed by atoms with van der Waals surface area (Å²) in [6.07, 6.45) is 2.10. The first kappa shape index (κ1) is 27.1. The predicted octanol–water partition coefficient (Wildman–Crippen LogP) is 3.44. The van der Waals surface area contributed by atoms with E-state index in [1.54, 1.807) is 24.3 Å². The minimum atomic E-state index is -1.18. The molecule has 1 unspecified atom stereocenters. The number of hydrogen-bond donors (Lipinski definition) is 1. The van der Waals surface area contributed by atoms with Gasteiger partial charge in [-0.1, -0.05) is 43.3 Å². The first-order chi connectivity index (χ1) is 18.8. The van der Waals surface area contributed by atoms with Crippen molar-refractivity contribution in [3.8, 4) is 5.75 Å². The van der Waals surface area contributed by atoms with Gasteiger partial charge in [0, 0.05) is 31.6 Å². The molecule has 0 spiro atoms. The number of nitrogens with two attached hydrogens (primary N) is 1. The number of aromatic nitrogens is 2. The molecule has 1 atom stereocenters. The van der Waals surface area contributed by atoms with Crippen LogP contribution in [0.5, 0.6) is 5.75 Å². The number of carbonyl (C=O) groups excluding carboxylic acids is 4. The number of benzene rings is 2. The summed E-state index contributed by atoms with van der Waals surface area (Å²) in [5.41, 5.74) is 8.00. The lowest BCUT2D eigenvalue weighted by molar-refractivity contribution is -0.167. The van der Waals surface area contributed by atoms with Gasteiger partial charge in [-0.25, -0.2) is 9.59 Å². The molecule has 0 fully saturated rings. The number of nitrogens with zero attached hydrogens (tertiary/aromatic N) is 2. The van der Waals surface area contributed by atoms with Crippen LogP contribution in [0, 0.1) is 0 Å². The van der Waals surface area contributed by atoms with Crippen LogP contribution in [-0.4, -0.2) is 46.1 Å². The SMILES string of the molecule is CCc1c(C(=O)C(N)=O)c2c(OCC(=O)OC(C)OC(=O)c3cccnc3)cccc2n1Cc1ccccc1. The first-order valence-electron chi connectivity index (χ1n) is 12.3. The van der Waals surface area contributed by atoms with E-state index in [2.05, 4.69) is 4.98 Å². The Kier molecular flexibility index (Phi) is 8.35. The van der Waals surface area contributed by atoms with Crippen molar-refractivity contribution in [3.63, 3.8) is 0 Å². The van der Waals surface area contributed by atoms with Crippen molar-refractivity contribution in [3.05, 3.63) is 95.4 Å². The largest absolute Gasteiger partial charge is 0.481 e. The Morgan fingerprint density at radius 3 is 2.41 bits per heavy atom. The van der Waals surface area contributed by atoms with Gasteiger partial charge in [0.05, 0.1) is 22.0 Å². The molecule has 0 saturated carbocycles. The zero-order valence-electron chi connectivity index (χ0n) is 21.5. The van der Waals surface area contributed by atoms with E-state index in [4.69, 9.17) is 19.9 Å². The molecule has 2 heterocycles. The monoisotopic (exact) mass is 529 g/mol. The fraction of sp³-hybridized carbons (Fsp3) is 0.207. The van der Waals surface area contributed by atoms with Crippen LogP contribution >= 0.6 is 0 Å². The fourth-order valence-electron chi connectivity index (χ4n) is 4.30. The van der Waals surface area contributed by atoms with Gasteiger partial charge in [0.1, 0.15) is 5.75 Å². The van der Waals surface area contributed by atoms with Gasteiger partial charge in [0.2, 0.25) is 6.29 Å². The zero-order valence-corrected chi connectivity index (χ0v) is 21.5. The highest BCUT2D eigenvalue weighted by Gasteiger charge is 2.27. The van der Waals surface area contributed by atoms with E-state index in [-0.39, 0.29) is 16.9 Å². The number of rotatable bonds is 11. The number of primary amides is 1. The highest BCUT2D eigenvalue weighted by atomic mass is 16.7. The second kappa shape index (κ2) is 12.0. The Labute approximate surface area is 224 Å². The van der Waals surface area contributed by atoms with Crippen molar-refractivity contribution in [2.45, 2.75) is 33.1 Å². The number of esters is 2. The third-order valence-corrected chi connectivity index (χ3v) is 5.94. The highest BCUT2D eigenvalue weighted by Crippen LogP contribution is 2.35. The maximum atomic E-state index is 13.0. The molecule has 0 saturated heterocycles. The third-order valence-electron chi connectivity index (χ3n) is 5.94. The van der Waals surface area contributed by atoms with Gasteiger partial charge in [-0.2, -0.15) is 0 Å². The summed E-state index contributed by atoms with van der Waals surface area (Å²) in [4.78, 5) is 53.4. The summed E-state index contributed by atoms with van der Waals surface area (Å²) >= 11 is 0. The molecule has 10 heteroatoms. The van der Waals surface area contributed by atoms with E-state index in [0.29, 0.717) is 29.6 Å². The molecule has 4 rings (SSSR count). The van der Waals surface area contributed by atoms with Crippen molar-refractivity contribution in [2.75, 3.05) is 6.61 Å². The van der Waals surface area contributed by atoms with Crippen LogP contribution in [0.3, 0.4) is 0 Å². The van der Waals surface area contributed by atoms with Crippen LogP contribution in [0.1, 0.15) is 45.8 Å². The van der Waals surface area contributed by atoms with Gasteiger partial charge < -0.3 is 24.5 Å². The van der Waals surface area contributed by atoms with Crippen molar-refractivity contribution in [1.29, 1.82) is 0 Å². The van der Waals surface area contributed by atoms with Crippen LogP contribution in [0.25, 0.3) is 10.9 Å². The third kappa shape index (κ3) is 6.12. The van der Waals surface area contributed by atoms with Crippen LogP contribution in [0.2, 0.25) is 0 Å². The maximum Gasteiger partial charge on any atom is 0.347 e. The number of carbonyl (C=O) groups is 4. The average molecular weight is 530 g/mol. The summed E-state index contributed by atoms with van der Waals surface area (Å²) in [6.45, 7) is 3.18. The zero-order chi connectivity index (χ0) is 27.9. The van der Waals surface area contributed by atoms with E-state index in [9.17, 15) is 19.2 Å². The number of ether oxygens (including phenoxy) is 3. The summed E-state index contributed by atoms with van der Waals surface area (Å²) in [7, 11) is 0. The molecule has 0 radical (unpaired) electrons. The number of pyridine rings is 1. The fourth-order valence-corrected chi connectivity index (χ4v) is 4.30. The van der Waals surface area contributed by atoms with E-state index in [1.807, 2.05) is 41.8 Å². The summed E-state index contributed by atoms with van der Waals surface area (Å²) in [6, 6.07) is 17.9. The molecule has 1 amide bonds. The molecule has 2 N–H and O–H groups in total. The average Bonchev–Trinajstić information content (AvgIpc) is 3.25. The molecule has 200 valence electrons. The summed E-state index contributed by atoms with van der Waals surface area (Å²) in [5.74, 6) is -3.24. The normalized spacial score (nSPS) is 11.5. The highest BCUT2D eigenvalue weighted by molar-refractivity contribution is 6.45. The number of Topliss-reactive ketones (excluding diaryl/α,β-unsaturated/α-hetero) is 1. The second-order valence-electron chi connectivity index (χ2n) is 8.58. The van der Waals surface area contributed by atoms with Crippen molar-refractivity contribution >= 4 is 34.5 Å². The molecule has 2 aromatic carbocycles. The van der Waals surface area contributed by atoms with Gasteiger partial charge in [0.15, 0.2) is 6.61 Å². The van der Waals surface area contributed by atoms with Gasteiger partial charge in [-0.3, -0.25) is 14.6 Å². The Bertz CT molecular complexity index is 1510. The second-order valence-corrected chi connectivity index (χ2v) is 8.58. The van der Waals surface area contributed by atoms with Gasteiger partial charge >= 0.3 is 11.9 Å². The standard InChI is InChI=1S/C29H27N3O7/c1-3-21-26(27(34)28(30)35)25-22(32(21)16-19-9-5-4-6-10-19)12-7-13-23(25)37-17-24(33)38-18(2)39-29(36)20-11-8-14-31-15-20/h4-15,18H,3,16-17H2,1-2H3,(H2,30,35). The molecule has 0 bridgehead atoms. The topological polar surface area (TPSA) is 140 Å². The lowest BCUT2D eigenvalue weighted by Gasteiger charge is -2.15. The van der Waals surface area contributed by atoms with Gasteiger partial charge in [-0.05, 0) is 36.2 Å². The number of fused-ring (bicyclic) bond motifs is 1. The number of ketones is 1. The molecular weight excluding hydrogens is 502 g/mol. The summed E-state index contributed by atoms with van der Waals surface area (Å²) < 4.78 is 18.0. The maximum absolute atomic E-state index is 13.0. The van der Waals surface area contributed by atoms with Gasteiger partial charge in [-0.15, -0.1) is 0 Å². The first-order valence-corrected chi connectivity index (χ1v) is 12.3. The van der Waals surface area contributed by atoms with E-state index < -0.39 is 36.5 Å². The smallest absolute Gasteiger partial charge is 0.347 e. The van der Waals surface area contributed by atoms with Crippen LogP contribution in [0.15, 0.2) is 73.1 Å². The number of amides is 1. The van der Waals surface area contributed by atoms with Gasteiger partial charge in [0.25, 0.3) is 11.7 Å². The Balaban J connectivity index is 1.58. The molecule has 39 heavy (non-hydrogen) atoms. The molecular formula is C29H27N3O7. The van der Waals surface area contributed by atoms with Crippen molar-refractivity contribution in [1.82, 2.24) is 9.55 Å². The van der Waals surface area contributed by atoms with Crippen LogP contribution < -0.4 is 10.5 Å².